The molecule has 2 unspecified atom stereocenters. The highest BCUT2D eigenvalue weighted by atomic mass is 32.2. The number of hydrogen-bond donors (Lipinski definition) is 2. The molecule has 0 aromatic heterocycles. The number of aryl methyl sites for hydroxylation is 2. The van der Waals surface area contributed by atoms with Crippen LogP contribution in [0.15, 0.2) is 18.2 Å². The summed E-state index contributed by atoms with van der Waals surface area (Å²) in [6, 6.07) is 5.35. The molecule has 0 aliphatic heterocycles. The van der Waals surface area contributed by atoms with Gasteiger partial charge in [0.2, 0.25) is 0 Å². The second-order valence-electron chi connectivity index (χ2n) is 5.70. The molecule has 1 amide bonds. The average molecular weight is 374 g/mol. The summed E-state index contributed by atoms with van der Waals surface area (Å²) < 4.78 is 30.1. The lowest BCUT2D eigenvalue weighted by atomic mass is 10.1. The van der Waals surface area contributed by atoms with Crippen LogP contribution in [0.4, 0.5) is 5.69 Å². The molecule has 9 heteroatoms. The van der Waals surface area contributed by atoms with Crippen LogP contribution >= 0.6 is 0 Å². The van der Waals surface area contributed by atoms with E-state index in [1.54, 1.807) is 26.0 Å². The summed E-state index contributed by atoms with van der Waals surface area (Å²) in [5.41, 5.74) is -0.334. The van der Waals surface area contributed by atoms with E-state index in [1.807, 2.05) is 19.9 Å². The number of sulfonamides is 1. The van der Waals surface area contributed by atoms with Crippen LogP contribution in [0.3, 0.4) is 0 Å². The number of aliphatic hydroxyl groups excluding tert-OH is 1. The normalized spacial score (nSPS) is 14.4. The number of nitrogens with zero attached hydrogens (tertiary/aromatic N) is 1. The first-order valence-corrected chi connectivity index (χ1v) is 9.39. The van der Waals surface area contributed by atoms with Crippen LogP contribution in [-0.4, -0.2) is 49.3 Å². The molecule has 0 aliphatic carbocycles. The Morgan fingerprint density at radius 1 is 1.32 bits per heavy atom. The van der Waals surface area contributed by atoms with Gasteiger partial charge in [0, 0.05) is 12.7 Å². The van der Waals surface area contributed by atoms with Gasteiger partial charge in [0.25, 0.3) is 21.4 Å². The number of carbonyl (C=O) groups is 1. The number of aliphatic hydroxyl groups is 1. The minimum atomic E-state index is -4.41. The van der Waals surface area contributed by atoms with E-state index >= 15 is 0 Å². The Bertz CT molecular complexity index is 672. The molecule has 2 N–H and O–H groups in total. The molecule has 8 nitrogen and oxygen atoms in total. The second-order valence-corrected chi connectivity index (χ2v) is 7.69. The highest BCUT2D eigenvalue weighted by molar-refractivity contribution is 7.90. The standard InChI is InChI=1S/C16H26N2O6S/c1-6-13(4)23-10-24-18(5)25(21,22)16(20)15(19)17-14-11(2)8-7-9-12(14)3/h7-9,13,16,20H,6,10H2,1-5H3,(H,17,19). The van der Waals surface area contributed by atoms with Gasteiger partial charge < -0.3 is 15.2 Å². The highest BCUT2D eigenvalue weighted by Crippen LogP contribution is 2.20. The Balaban J connectivity index is 2.75. The zero-order valence-corrected chi connectivity index (χ0v) is 16.0. The van der Waals surface area contributed by atoms with Gasteiger partial charge in [0.1, 0.15) is 0 Å². The molecular weight excluding hydrogens is 348 g/mol. The van der Waals surface area contributed by atoms with Crippen molar-refractivity contribution in [1.29, 1.82) is 0 Å². The van der Waals surface area contributed by atoms with Crippen LogP contribution in [0, 0.1) is 13.8 Å². The zero-order chi connectivity index (χ0) is 19.2. The maximum Gasteiger partial charge on any atom is 0.272 e. The molecule has 142 valence electrons. The molecule has 0 saturated heterocycles. The third-order valence-corrected chi connectivity index (χ3v) is 5.36. The molecule has 1 aromatic carbocycles. The van der Waals surface area contributed by atoms with E-state index in [9.17, 15) is 18.3 Å². The summed E-state index contributed by atoms with van der Waals surface area (Å²) in [7, 11) is -3.33. The number of anilines is 1. The van der Waals surface area contributed by atoms with Gasteiger partial charge in [0.05, 0.1) is 6.10 Å². The van der Waals surface area contributed by atoms with Crippen LogP contribution in [0.1, 0.15) is 31.4 Å². The maximum absolute atomic E-state index is 12.2. The molecule has 0 saturated carbocycles. The molecule has 0 bridgehead atoms. The first kappa shape index (κ1) is 21.5. The Kier molecular flexibility index (Phi) is 7.97. The van der Waals surface area contributed by atoms with Gasteiger partial charge in [0.15, 0.2) is 6.79 Å². The largest absolute Gasteiger partial charge is 0.368 e. The second kappa shape index (κ2) is 9.25. The molecule has 2 atom stereocenters. The van der Waals surface area contributed by atoms with E-state index in [1.165, 1.54) is 0 Å². The lowest BCUT2D eigenvalue weighted by Crippen LogP contribution is -2.43. The van der Waals surface area contributed by atoms with Crippen LogP contribution in [0.2, 0.25) is 0 Å². The smallest absolute Gasteiger partial charge is 0.272 e. The number of benzene rings is 1. The quantitative estimate of drug-likeness (QED) is 0.502. The monoisotopic (exact) mass is 374 g/mol. The summed E-state index contributed by atoms with van der Waals surface area (Å²) in [6.07, 6.45) is 0.633. The topological polar surface area (TPSA) is 105 Å². The number of amides is 1. The summed E-state index contributed by atoms with van der Waals surface area (Å²) >= 11 is 0. The number of para-hydroxylation sites is 1. The van der Waals surface area contributed by atoms with E-state index in [0.29, 0.717) is 10.2 Å². The van der Waals surface area contributed by atoms with Crippen LogP contribution in [-0.2, 0) is 24.4 Å². The van der Waals surface area contributed by atoms with Crippen molar-refractivity contribution in [2.75, 3.05) is 19.2 Å². The molecular formula is C16H26N2O6S. The Morgan fingerprint density at radius 3 is 2.40 bits per heavy atom. The summed E-state index contributed by atoms with van der Waals surface area (Å²) in [5.74, 6) is -1.06. The Labute approximate surface area is 148 Å². The van der Waals surface area contributed by atoms with Gasteiger partial charge in [-0.05, 0) is 38.3 Å². The third kappa shape index (κ3) is 5.75. The van der Waals surface area contributed by atoms with Crippen molar-refractivity contribution < 1.29 is 27.9 Å². The van der Waals surface area contributed by atoms with Crippen molar-refractivity contribution >= 4 is 21.6 Å². The van der Waals surface area contributed by atoms with E-state index in [-0.39, 0.29) is 12.9 Å². The summed E-state index contributed by atoms with van der Waals surface area (Å²) in [5, 5.41) is 12.4. The van der Waals surface area contributed by atoms with Gasteiger partial charge >= 0.3 is 0 Å². The lowest BCUT2D eigenvalue weighted by molar-refractivity contribution is -0.179. The van der Waals surface area contributed by atoms with Gasteiger partial charge in [-0.25, -0.2) is 8.42 Å². The van der Waals surface area contributed by atoms with Gasteiger partial charge in [-0.3, -0.25) is 9.63 Å². The first-order valence-electron chi connectivity index (χ1n) is 7.88. The van der Waals surface area contributed by atoms with E-state index in [2.05, 4.69) is 5.32 Å². The summed E-state index contributed by atoms with van der Waals surface area (Å²) in [4.78, 5) is 17.1. The predicted octanol–water partition coefficient (Wildman–Crippen LogP) is 1.53. The molecule has 0 heterocycles. The lowest BCUT2D eigenvalue weighted by Gasteiger charge is -2.21. The fraction of sp³-hybridized carbons (Fsp3) is 0.562. The van der Waals surface area contributed by atoms with Crippen LogP contribution in [0.25, 0.3) is 0 Å². The predicted molar refractivity (Wildman–Crippen MR) is 94.0 cm³/mol. The van der Waals surface area contributed by atoms with E-state index < -0.39 is 21.4 Å². The molecule has 1 aromatic rings. The minimum absolute atomic E-state index is 0.103. The number of ether oxygens (including phenoxy) is 1. The fourth-order valence-corrected chi connectivity index (χ4v) is 2.69. The van der Waals surface area contributed by atoms with Crippen molar-refractivity contribution in [3.05, 3.63) is 29.3 Å². The van der Waals surface area contributed by atoms with Crippen LogP contribution in [0.5, 0.6) is 0 Å². The average Bonchev–Trinajstić information content (AvgIpc) is 2.56. The van der Waals surface area contributed by atoms with Crippen molar-refractivity contribution in [2.24, 2.45) is 0 Å². The van der Waals surface area contributed by atoms with Gasteiger partial charge in [-0.15, -0.1) is 0 Å². The van der Waals surface area contributed by atoms with Crippen molar-refractivity contribution in [2.45, 2.75) is 45.7 Å². The van der Waals surface area contributed by atoms with E-state index in [0.717, 1.165) is 24.6 Å². The minimum Gasteiger partial charge on any atom is -0.368 e. The van der Waals surface area contributed by atoms with Crippen molar-refractivity contribution in [1.82, 2.24) is 4.47 Å². The SMILES string of the molecule is CCC(C)OCON(C)S(=O)(=O)C(O)C(=O)Nc1c(C)cccc1C. The first-order chi connectivity index (χ1) is 11.6. The highest BCUT2D eigenvalue weighted by Gasteiger charge is 2.35. The van der Waals surface area contributed by atoms with E-state index in [4.69, 9.17) is 9.57 Å². The number of hydrogen-bond acceptors (Lipinski definition) is 6. The zero-order valence-electron chi connectivity index (χ0n) is 15.1. The number of nitrogens with one attached hydrogen (secondary N) is 1. The number of hydroxylamine groups is 1. The van der Waals surface area contributed by atoms with Crippen molar-refractivity contribution in [3.8, 4) is 0 Å². The molecule has 25 heavy (non-hydrogen) atoms. The number of rotatable bonds is 9. The number of carbonyl (C=O) groups excluding carboxylic acids is 1. The van der Waals surface area contributed by atoms with Crippen LogP contribution < -0.4 is 5.32 Å². The Hall–Kier alpha value is -1.52. The fourth-order valence-electron chi connectivity index (χ4n) is 1.88. The maximum atomic E-state index is 12.2. The molecule has 0 aliphatic rings. The molecule has 0 spiro atoms. The van der Waals surface area contributed by atoms with Gasteiger partial charge in [-0.2, -0.15) is 0 Å². The molecule has 1 rings (SSSR count). The Morgan fingerprint density at radius 2 is 1.88 bits per heavy atom. The molecule has 0 fully saturated rings. The van der Waals surface area contributed by atoms with Gasteiger partial charge in [-0.1, -0.05) is 29.6 Å². The molecule has 0 radical (unpaired) electrons. The third-order valence-electron chi connectivity index (χ3n) is 3.76. The summed E-state index contributed by atoms with van der Waals surface area (Å²) in [6.45, 7) is 6.95. The van der Waals surface area contributed by atoms with Crippen molar-refractivity contribution in [3.63, 3.8) is 0 Å².